The predicted octanol–water partition coefficient (Wildman–Crippen LogP) is 1.74. The molecule has 4 rings (SSSR count). The van der Waals surface area contributed by atoms with E-state index in [1.807, 2.05) is 0 Å². The summed E-state index contributed by atoms with van der Waals surface area (Å²) in [7, 11) is 1.62. The predicted molar refractivity (Wildman–Crippen MR) is 95.9 cm³/mol. The van der Waals surface area contributed by atoms with Crippen LogP contribution in [0.4, 0.5) is 5.69 Å². The molecule has 0 bridgehead atoms. The van der Waals surface area contributed by atoms with Crippen LogP contribution in [0, 0.1) is 0 Å². The van der Waals surface area contributed by atoms with E-state index in [4.69, 9.17) is 9.15 Å². The highest BCUT2D eigenvalue weighted by Crippen LogP contribution is 2.32. The number of Topliss-reactive ketones (excluding diaryl/α,β-unsaturated/α-hetero) is 1. The minimum absolute atomic E-state index is 0.0321. The number of ketones is 1. The number of furan rings is 1. The van der Waals surface area contributed by atoms with E-state index in [0.29, 0.717) is 28.5 Å². The molecular weight excluding hydrogens is 350 g/mol. The molecule has 1 amide bonds. The van der Waals surface area contributed by atoms with Crippen LogP contribution in [0.2, 0.25) is 0 Å². The molecule has 8 heteroatoms. The molecule has 0 unspecified atom stereocenters. The number of benzene rings is 1. The van der Waals surface area contributed by atoms with Crippen LogP contribution >= 0.6 is 0 Å². The summed E-state index contributed by atoms with van der Waals surface area (Å²) in [4.78, 5) is 38.0. The molecule has 0 saturated heterocycles. The SMILES string of the molecule is CN1C(=O)COc2ccc(C(=O)Cn3nc(-c4ccco4)ccc3=O)cc21. The van der Waals surface area contributed by atoms with Gasteiger partial charge in [-0.3, -0.25) is 14.4 Å². The largest absolute Gasteiger partial charge is 0.482 e. The molecule has 0 radical (unpaired) electrons. The first-order chi connectivity index (χ1) is 13.0. The Labute approximate surface area is 153 Å². The first kappa shape index (κ1) is 16.8. The lowest BCUT2D eigenvalue weighted by Gasteiger charge is -2.26. The Balaban J connectivity index is 1.63. The van der Waals surface area contributed by atoms with Crippen molar-refractivity contribution in [1.82, 2.24) is 9.78 Å². The number of rotatable bonds is 4. The van der Waals surface area contributed by atoms with Crippen molar-refractivity contribution in [3.63, 3.8) is 0 Å². The van der Waals surface area contributed by atoms with Gasteiger partial charge in [0.25, 0.3) is 11.5 Å². The zero-order chi connectivity index (χ0) is 19.0. The van der Waals surface area contributed by atoms with Crippen molar-refractivity contribution in [3.05, 3.63) is 64.6 Å². The molecule has 0 spiro atoms. The van der Waals surface area contributed by atoms with Crippen LogP contribution in [0.3, 0.4) is 0 Å². The Morgan fingerprint density at radius 2 is 2.04 bits per heavy atom. The minimum Gasteiger partial charge on any atom is -0.482 e. The number of likely N-dealkylation sites (N-methyl/N-ethyl adjacent to an activating group) is 1. The number of amides is 1. The quantitative estimate of drug-likeness (QED) is 0.654. The summed E-state index contributed by atoms with van der Waals surface area (Å²) in [6.45, 7) is -0.264. The van der Waals surface area contributed by atoms with Crippen molar-refractivity contribution < 1.29 is 18.7 Å². The Hall–Kier alpha value is -3.68. The van der Waals surface area contributed by atoms with Crippen molar-refractivity contribution in [3.8, 4) is 17.2 Å². The molecule has 3 heterocycles. The fourth-order valence-electron chi connectivity index (χ4n) is 2.79. The number of carbonyl (C=O) groups is 2. The molecule has 2 aromatic heterocycles. The average Bonchev–Trinajstić information content (AvgIpc) is 3.21. The van der Waals surface area contributed by atoms with Crippen LogP contribution in [0.15, 0.2) is 57.9 Å². The summed E-state index contributed by atoms with van der Waals surface area (Å²) >= 11 is 0. The van der Waals surface area contributed by atoms with Crippen molar-refractivity contribution in [2.45, 2.75) is 6.54 Å². The Morgan fingerprint density at radius 1 is 1.19 bits per heavy atom. The van der Waals surface area contributed by atoms with E-state index in [0.717, 1.165) is 4.68 Å². The van der Waals surface area contributed by atoms with E-state index in [-0.39, 0.29) is 24.8 Å². The molecule has 27 heavy (non-hydrogen) atoms. The Bertz CT molecular complexity index is 1080. The van der Waals surface area contributed by atoms with Gasteiger partial charge in [0.15, 0.2) is 18.2 Å². The van der Waals surface area contributed by atoms with E-state index in [9.17, 15) is 14.4 Å². The summed E-state index contributed by atoms with van der Waals surface area (Å²) in [6, 6.07) is 11.1. The molecule has 1 aromatic carbocycles. The van der Waals surface area contributed by atoms with Gasteiger partial charge in [-0.25, -0.2) is 4.68 Å². The number of hydrogen-bond acceptors (Lipinski definition) is 6. The van der Waals surface area contributed by atoms with Crippen LogP contribution in [0.5, 0.6) is 5.75 Å². The van der Waals surface area contributed by atoms with Gasteiger partial charge in [0.05, 0.1) is 12.0 Å². The van der Waals surface area contributed by atoms with Gasteiger partial charge < -0.3 is 14.1 Å². The van der Waals surface area contributed by atoms with Gasteiger partial charge in [0, 0.05) is 18.7 Å². The number of anilines is 1. The smallest absolute Gasteiger partial charge is 0.267 e. The normalized spacial score (nSPS) is 13.2. The molecule has 136 valence electrons. The second-order valence-corrected chi connectivity index (χ2v) is 6.04. The highest BCUT2D eigenvalue weighted by atomic mass is 16.5. The molecule has 0 atom stereocenters. The highest BCUT2D eigenvalue weighted by molar-refractivity contribution is 6.01. The molecule has 0 aliphatic carbocycles. The molecule has 0 fully saturated rings. The third-order valence-electron chi connectivity index (χ3n) is 4.30. The van der Waals surface area contributed by atoms with Gasteiger partial charge >= 0.3 is 0 Å². The van der Waals surface area contributed by atoms with Crippen molar-refractivity contribution in [2.24, 2.45) is 0 Å². The van der Waals surface area contributed by atoms with Crippen molar-refractivity contribution in [2.75, 3.05) is 18.6 Å². The zero-order valence-corrected chi connectivity index (χ0v) is 14.4. The third-order valence-corrected chi connectivity index (χ3v) is 4.30. The van der Waals surface area contributed by atoms with Crippen LogP contribution in [-0.2, 0) is 11.3 Å². The van der Waals surface area contributed by atoms with Crippen LogP contribution in [0.1, 0.15) is 10.4 Å². The molecule has 1 aliphatic heterocycles. The van der Waals surface area contributed by atoms with Gasteiger partial charge in [0.1, 0.15) is 18.0 Å². The molecule has 8 nitrogen and oxygen atoms in total. The molecule has 0 N–H and O–H groups in total. The second-order valence-electron chi connectivity index (χ2n) is 6.04. The summed E-state index contributed by atoms with van der Waals surface area (Å²) < 4.78 is 11.7. The Morgan fingerprint density at radius 3 is 2.81 bits per heavy atom. The van der Waals surface area contributed by atoms with Gasteiger partial charge in [-0.15, -0.1) is 0 Å². The first-order valence-corrected chi connectivity index (χ1v) is 8.21. The van der Waals surface area contributed by atoms with E-state index in [1.165, 1.54) is 17.2 Å². The second kappa shape index (κ2) is 6.56. The van der Waals surface area contributed by atoms with Crippen molar-refractivity contribution >= 4 is 17.4 Å². The number of fused-ring (bicyclic) bond motifs is 1. The maximum atomic E-state index is 12.7. The van der Waals surface area contributed by atoms with Crippen molar-refractivity contribution in [1.29, 1.82) is 0 Å². The zero-order valence-electron chi connectivity index (χ0n) is 14.4. The number of nitrogens with zero attached hydrogens (tertiary/aromatic N) is 3. The molecule has 3 aromatic rings. The standard InChI is InChI=1S/C19H15N3O5/c1-21-14-9-12(4-6-17(14)27-11-19(21)25)15(23)10-22-18(24)7-5-13(20-22)16-3-2-8-26-16/h2-9H,10-11H2,1H3. The summed E-state index contributed by atoms with van der Waals surface area (Å²) in [5, 5.41) is 4.20. The first-order valence-electron chi connectivity index (χ1n) is 8.21. The Kier molecular flexibility index (Phi) is 4.08. The average molecular weight is 365 g/mol. The summed E-state index contributed by atoms with van der Waals surface area (Å²) in [6.07, 6.45) is 1.50. The molecule has 0 saturated carbocycles. The third kappa shape index (κ3) is 3.12. The van der Waals surface area contributed by atoms with Gasteiger partial charge in [-0.05, 0) is 36.4 Å². The lowest BCUT2D eigenvalue weighted by molar-refractivity contribution is -0.120. The summed E-state index contributed by atoms with van der Waals surface area (Å²) in [5.41, 5.74) is 0.932. The monoisotopic (exact) mass is 365 g/mol. The molecular formula is C19H15N3O5. The molecule has 1 aliphatic rings. The minimum atomic E-state index is -0.396. The van der Waals surface area contributed by atoms with Crippen LogP contribution in [0.25, 0.3) is 11.5 Å². The van der Waals surface area contributed by atoms with E-state index in [2.05, 4.69) is 5.10 Å². The van der Waals surface area contributed by atoms with Crippen LogP contribution in [-0.4, -0.2) is 35.1 Å². The highest BCUT2D eigenvalue weighted by Gasteiger charge is 2.23. The number of hydrogen-bond donors (Lipinski definition) is 0. The fourth-order valence-corrected chi connectivity index (χ4v) is 2.79. The van der Waals surface area contributed by atoms with Crippen LogP contribution < -0.4 is 15.2 Å². The number of carbonyl (C=O) groups excluding carboxylic acids is 2. The lowest BCUT2D eigenvalue weighted by atomic mass is 10.1. The maximum Gasteiger partial charge on any atom is 0.267 e. The van der Waals surface area contributed by atoms with Gasteiger partial charge in [-0.2, -0.15) is 5.10 Å². The van der Waals surface area contributed by atoms with E-state index < -0.39 is 5.56 Å². The fraction of sp³-hybridized carbons (Fsp3) is 0.158. The van der Waals surface area contributed by atoms with E-state index in [1.54, 1.807) is 43.4 Å². The van der Waals surface area contributed by atoms with E-state index >= 15 is 0 Å². The summed E-state index contributed by atoms with van der Waals surface area (Å²) in [5.74, 6) is 0.526. The van der Waals surface area contributed by atoms with Gasteiger partial charge in [0.2, 0.25) is 0 Å². The maximum absolute atomic E-state index is 12.7. The lowest BCUT2D eigenvalue weighted by Crippen LogP contribution is -2.35. The number of aromatic nitrogens is 2. The number of ether oxygens (including phenoxy) is 1. The van der Waals surface area contributed by atoms with Gasteiger partial charge in [-0.1, -0.05) is 0 Å². The topological polar surface area (TPSA) is 94.6 Å².